The maximum atomic E-state index is 12.0. The summed E-state index contributed by atoms with van der Waals surface area (Å²) in [6, 6.07) is 0.557. The lowest BCUT2D eigenvalue weighted by molar-refractivity contribution is -0.135. The highest BCUT2D eigenvalue weighted by Crippen LogP contribution is 2.13. The van der Waals surface area contributed by atoms with Crippen LogP contribution in [0.5, 0.6) is 0 Å². The molecule has 0 spiro atoms. The lowest BCUT2D eigenvalue weighted by Gasteiger charge is -2.35. The largest absolute Gasteiger partial charge is 0.444 e. The Morgan fingerprint density at radius 1 is 1.17 bits per heavy atom. The van der Waals surface area contributed by atoms with Crippen molar-refractivity contribution in [3.05, 3.63) is 0 Å². The predicted molar refractivity (Wildman–Crippen MR) is 91.3 cm³/mol. The van der Waals surface area contributed by atoms with Crippen molar-refractivity contribution in [1.29, 1.82) is 0 Å². The first-order valence-corrected chi connectivity index (χ1v) is 8.60. The average Bonchev–Trinajstić information content (AvgIpc) is 2.43. The standard InChI is InChI=1S/C17H33N3O3/c1-12(2)15(21)20-9-7-14(8-10-20)19-13(3)11-18-16(22)23-17(4,5)6/h12-14,19H,7-11H2,1-6H3,(H,18,22). The Hall–Kier alpha value is -1.30. The fraction of sp³-hybridized carbons (Fsp3) is 0.882. The van der Waals surface area contributed by atoms with Crippen LogP contribution in [0.3, 0.4) is 0 Å². The van der Waals surface area contributed by atoms with Crippen LogP contribution in [0.25, 0.3) is 0 Å². The summed E-state index contributed by atoms with van der Waals surface area (Å²) >= 11 is 0. The Balaban J connectivity index is 2.25. The van der Waals surface area contributed by atoms with Gasteiger partial charge in [0.15, 0.2) is 0 Å². The van der Waals surface area contributed by atoms with Crippen molar-refractivity contribution in [3.63, 3.8) is 0 Å². The molecule has 6 nitrogen and oxygen atoms in total. The summed E-state index contributed by atoms with van der Waals surface area (Å²) < 4.78 is 5.22. The molecule has 1 unspecified atom stereocenters. The fourth-order valence-electron chi connectivity index (χ4n) is 2.64. The normalized spacial score (nSPS) is 18.0. The van der Waals surface area contributed by atoms with E-state index in [4.69, 9.17) is 4.74 Å². The van der Waals surface area contributed by atoms with Crippen LogP contribution in [0, 0.1) is 5.92 Å². The Morgan fingerprint density at radius 2 is 1.74 bits per heavy atom. The molecule has 1 rings (SSSR count). The molecule has 1 fully saturated rings. The third-order valence-corrected chi connectivity index (χ3v) is 3.77. The molecule has 2 amide bonds. The van der Waals surface area contributed by atoms with E-state index in [1.54, 1.807) is 0 Å². The topological polar surface area (TPSA) is 70.7 Å². The number of carbonyl (C=O) groups excluding carboxylic acids is 2. The summed E-state index contributed by atoms with van der Waals surface area (Å²) in [4.78, 5) is 25.5. The van der Waals surface area contributed by atoms with Crippen LogP contribution < -0.4 is 10.6 Å². The molecule has 6 heteroatoms. The molecule has 0 aromatic carbocycles. The van der Waals surface area contributed by atoms with Gasteiger partial charge in [-0.15, -0.1) is 0 Å². The molecule has 0 radical (unpaired) electrons. The monoisotopic (exact) mass is 327 g/mol. The Kier molecular flexibility index (Phi) is 7.32. The van der Waals surface area contributed by atoms with E-state index < -0.39 is 5.60 Å². The van der Waals surface area contributed by atoms with Crippen LogP contribution in [0.15, 0.2) is 0 Å². The highest BCUT2D eigenvalue weighted by atomic mass is 16.6. The Labute approximate surface area is 140 Å². The molecule has 0 saturated carbocycles. The van der Waals surface area contributed by atoms with Crippen molar-refractivity contribution in [2.45, 2.75) is 72.1 Å². The quantitative estimate of drug-likeness (QED) is 0.811. The van der Waals surface area contributed by atoms with Crippen molar-refractivity contribution >= 4 is 12.0 Å². The average molecular weight is 327 g/mol. The third-order valence-electron chi connectivity index (χ3n) is 3.77. The van der Waals surface area contributed by atoms with E-state index in [2.05, 4.69) is 10.6 Å². The minimum atomic E-state index is -0.476. The molecule has 134 valence electrons. The van der Waals surface area contributed by atoms with E-state index in [-0.39, 0.29) is 24.0 Å². The molecule has 0 aromatic rings. The number of nitrogens with one attached hydrogen (secondary N) is 2. The number of nitrogens with zero attached hydrogens (tertiary/aromatic N) is 1. The van der Waals surface area contributed by atoms with Crippen molar-refractivity contribution in [3.8, 4) is 0 Å². The van der Waals surface area contributed by atoms with Gasteiger partial charge in [-0.3, -0.25) is 4.79 Å². The number of rotatable bonds is 5. The molecule has 1 atom stereocenters. The van der Waals surface area contributed by atoms with Gasteiger partial charge in [-0.2, -0.15) is 0 Å². The Bertz CT molecular complexity index is 396. The predicted octanol–water partition coefficient (Wildman–Crippen LogP) is 2.14. The summed E-state index contributed by atoms with van der Waals surface area (Å²) in [5.74, 6) is 0.305. The molecule has 2 N–H and O–H groups in total. The van der Waals surface area contributed by atoms with E-state index in [0.29, 0.717) is 12.6 Å². The number of ether oxygens (including phenoxy) is 1. The molecule has 1 heterocycles. The van der Waals surface area contributed by atoms with Crippen molar-refractivity contribution in [2.75, 3.05) is 19.6 Å². The minimum absolute atomic E-state index is 0.0662. The summed E-state index contributed by atoms with van der Waals surface area (Å²) in [5, 5.41) is 6.30. The maximum Gasteiger partial charge on any atom is 0.407 e. The van der Waals surface area contributed by atoms with Gasteiger partial charge in [-0.05, 0) is 40.5 Å². The second-order valence-electron chi connectivity index (χ2n) is 7.70. The molecule has 1 aliphatic rings. The van der Waals surface area contributed by atoms with Gasteiger partial charge in [0.25, 0.3) is 0 Å². The summed E-state index contributed by atoms with van der Waals surface area (Å²) in [6.07, 6.45) is 1.52. The van der Waals surface area contributed by atoms with Crippen molar-refractivity contribution in [2.24, 2.45) is 5.92 Å². The first kappa shape index (κ1) is 19.7. The number of hydrogen-bond donors (Lipinski definition) is 2. The number of amides is 2. The molecular weight excluding hydrogens is 294 g/mol. The van der Waals surface area contributed by atoms with Crippen molar-refractivity contribution < 1.29 is 14.3 Å². The lowest BCUT2D eigenvalue weighted by atomic mass is 10.0. The molecule has 1 saturated heterocycles. The first-order valence-electron chi connectivity index (χ1n) is 8.60. The zero-order chi connectivity index (χ0) is 17.6. The van der Waals surface area contributed by atoms with E-state index >= 15 is 0 Å². The Morgan fingerprint density at radius 3 is 2.22 bits per heavy atom. The number of carbonyl (C=O) groups is 2. The summed E-state index contributed by atoms with van der Waals surface area (Å²) in [6.45, 7) is 13.6. The second-order valence-corrected chi connectivity index (χ2v) is 7.70. The van der Waals surface area contributed by atoms with Crippen LogP contribution >= 0.6 is 0 Å². The smallest absolute Gasteiger partial charge is 0.407 e. The van der Waals surface area contributed by atoms with Gasteiger partial charge < -0.3 is 20.3 Å². The van der Waals surface area contributed by atoms with Crippen LogP contribution in [0.1, 0.15) is 54.4 Å². The fourth-order valence-corrected chi connectivity index (χ4v) is 2.64. The van der Waals surface area contributed by atoms with Crippen molar-refractivity contribution in [1.82, 2.24) is 15.5 Å². The van der Waals surface area contributed by atoms with Gasteiger partial charge in [0, 0.05) is 37.6 Å². The SMILES string of the molecule is CC(CNC(=O)OC(C)(C)C)NC1CCN(C(=O)C(C)C)CC1. The highest BCUT2D eigenvalue weighted by Gasteiger charge is 2.25. The third kappa shape index (κ3) is 7.68. The zero-order valence-corrected chi connectivity index (χ0v) is 15.4. The molecular formula is C17H33N3O3. The molecule has 23 heavy (non-hydrogen) atoms. The van der Waals surface area contributed by atoms with E-state index in [1.165, 1.54) is 0 Å². The molecule has 1 aliphatic heterocycles. The summed E-state index contributed by atoms with van der Waals surface area (Å²) in [5.41, 5.74) is -0.476. The van der Waals surface area contributed by atoms with E-state index in [0.717, 1.165) is 25.9 Å². The van der Waals surface area contributed by atoms with Gasteiger partial charge in [0.2, 0.25) is 5.91 Å². The van der Waals surface area contributed by atoms with E-state index in [9.17, 15) is 9.59 Å². The van der Waals surface area contributed by atoms with E-state index in [1.807, 2.05) is 46.4 Å². The van der Waals surface area contributed by atoms with Gasteiger partial charge in [-0.1, -0.05) is 13.8 Å². The number of hydrogen-bond acceptors (Lipinski definition) is 4. The first-order chi connectivity index (χ1) is 10.6. The van der Waals surface area contributed by atoms with Gasteiger partial charge in [0.1, 0.15) is 5.60 Å². The van der Waals surface area contributed by atoms with Crippen LogP contribution in [0.4, 0.5) is 4.79 Å². The number of likely N-dealkylation sites (tertiary alicyclic amines) is 1. The van der Waals surface area contributed by atoms with Gasteiger partial charge in [0.05, 0.1) is 0 Å². The molecule has 0 aliphatic carbocycles. The highest BCUT2D eigenvalue weighted by molar-refractivity contribution is 5.78. The zero-order valence-electron chi connectivity index (χ0n) is 15.4. The molecule has 0 aromatic heterocycles. The van der Waals surface area contributed by atoms with Gasteiger partial charge in [-0.25, -0.2) is 4.79 Å². The number of piperidine rings is 1. The molecule has 0 bridgehead atoms. The van der Waals surface area contributed by atoms with Crippen LogP contribution in [-0.2, 0) is 9.53 Å². The maximum absolute atomic E-state index is 12.0. The van der Waals surface area contributed by atoms with Crippen LogP contribution in [-0.4, -0.2) is 54.2 Å². The minimum Gasteiger partial charge on any atom is -0.444 e. The summed E-state index contributed by atoms with van der Waals surface area (Å²) in [7, 11) is 0. The number of alkyl carbamates (subject to hydrolysis) is 1. The van der Waals surface area contributed by atoms with Gasteiger partial charge >= 0.3 is 6.09 Å². The second kappa shape index (κ2) is 8.52. The lowest BCUT2D eigenvalue weighted by Crippen LogP contribution is -2.50. The van der Waals surface area contributed by atoms with Crippen LogP contribution in [0.2, 0.25) is 0 Å².